The predicted octanol–water partition coefficient (Wildman–Crippen LogP) is 3.33. The third-order valence-electron chi connectivity index (χ3n) is 2.41. The molecule has 0 amide bonds. The Kier molecular flexibility index (Phi) is 11.7. The largest absolute Gasteiger partial charge is 0.462 e. The normalized spacial score (nSPS) is 17.1. The van der Waals surface area contributed by atoms with Crippen molar-refractivity contribution in [3.8, 4) is 0 Å². The number of rotatable bonds is 1. The van der Waals surface area contributed by atoms with Gasteiger partial charge in [0, 0.05) is 0 Å². The van der Waals surface area contributed by atoms with Gasteiger partial charge in [0.1, 0.15) is 5.60 Å². The lowest BCUT2D eigenvalue weighted by Crippen LogP contribution is -2.28. The minimum atomic E-state index is -0.318. The number of ether oxygens (including phenoxy) is 1. The van der Waals surface area contributed by atoms with E-state index in [1.807, 2.05) is 34.6 Å². The van der Waals surface area contributed by atoms with Crippen LogP contribution in [0.2, 0.25) is 0 Å². The number of hydrogen-bond acceptors (Lipinski definition) is 3. The van der Waals surface area contributed by atoms with E-state index in [2.05, 4.69) is 23.6 Å². The molecule has 1 rings (SSSR count). The molecule has 0 radical (unpaired) electrons. The summed E-state index contributed by atoms with van der Waals surface area (Å²) in [4.78, 5) is 12.0. The molecule has 3 heteroatoms. The van der Waals surface area contributed by atoms with Crippen molar-refractivity contribution in [2.24, 2.45) is 5.92 Å². The van der Waals surface area contributed by atoms with Gasteiger partial charge in [-0.1, -0.05) is 20.8 Å². The van der Waals surface area contributed by atoms with Crippen LogP contribution in [-0.2, 0) is 9.53 Å². The first-order valence-electron chi connectivity index (χ1n) is 6.65. The van der Waals surface area contributed by atoms with Gasteiger partial charge in [0.25, 0.3) is 6.47 Å². The van der Waals surface area contributed by atoms with Crippen LogP contribution in [0.3, 0.4) is 0 Å². The highest BCUT2D eigenvalue weighted by Crippen LogP contribution is 2.13. The number of piperidine rings is 1. The molecule has 0 aliphatic carbocycles. The molecule has 0 bridgehead atoms. The SMILES string of the molecule is CC.CC(C)(C)OC=O.CC1CCN(C)CC1. The van der Waals surface area contributed by atoms with Crippen LogP contribution < -0.4 is 0 Å². The van der Waals surface area contributed by atoms with Crippen molar-refractivity contribution in [3.63, 3.8) is 0 Å². The van der Waals surface area contributed by atoms with E-state index in [0.717, 1.165) is 5.92 Å². The second kappa shape index (κ2) is 10.6. The van der Waals surface area contributed by atoms with Crippen molar-refractivity contribution in [2.75, 3.05) is 20.1 Å². The van der Waals surface area contributed by atoms with E-state index in [1.54, 1.807) is 0 Å². The zero-order valence-electron chi connectivity index (χ0n) is 12.7. The first-order chi connectivity index (χ1) is 7.85. The van der Waals surface area contributed by atoms with Crippen molar-refractivity contribution in [2.45, 2.75) is 60.0 Å². The molecule has 0 aromatic rings. The summed E-state index contributed by atoms with van der Waals surface area (Å²) in [6.45, 7) is 14.9. The van der Waals surface area contributed by atoms with Gasteiger partial charge in [0.2, 0.25) is 0 Å². The quantitative estimate of drug-likeness (QED) is 0.664. The maximum atomic E-state index is 9.60. The number of likely N-dealkylation sites (tertiary alicyclic amines) is 1. The van der Waals surface area contributed by atoms with Crippen LogP contribution in [0.4, 0.5) is 0 Å². The lowest BCUT2D eigenvalue weighted by Gasteiger charge is -2.26. The molecular formula is C14H31NO2. The van der Waals surface area contributed by atoms with Crippen LogP contribution in [0.5, 0.6) is 0 Å². The minimum absolute atomic E-state index is 0.318. The summed E-state index contributed by atoms with van der Waals surface area (Å²) in [5, 5.41) is 0. The summed E-state index contributed by atoms with van der Waals surface area (Å²) < 4.78 is 4.55. The van der Waals surface area contributed by atoms with Gasteiger partial charge in [-0.3, -0.25) is 4.79 Å². The van der Waals surface area contributed by atoms with Crippen LogP contribution in [0.1, 0.15) is 54.4 Å². The summed E-state index contributed by atoms with van der Waals surface area (Å²) in [7, 11) is 2.20. The molecule has 0 unspecified atom stereocenters. The number of hydrogen-bond donors (Lipinski definition) is 0. The monoisotopic (exact) mass is 245 g/mol. The Balaban J connectivity index is 0. The maximum absolute atomic E-state index is 9.60. The van der Waals surface area contributed by atoms with Gasteiger partial charge in [-0.05, 0) is 59.7 Å². The van der Waals surface area contributed by atoms with Crippen LogP contribution in [-0.4, -0.2) is 37.1 Å². The first-order valence-corrected chi connectivity index (χ1v) is 6.65. The Hall–Kier alpha value is -0.570. The van der Waals surface area contributed by atoms with E-state index in [1.165, 1.54) is 25.9 Å². The molecule has 0 atom stereocenters. The Labute approximate surface area is 108 Å². The van der Waals surface area contributed by atoms with E-state index in [4.69, 9.17) is 0 Å². The van der Waals surface area contributed by atoms with Crippen LogP contribution in [0.25, 0.3) is 0 Å². The maximum Gasteiger partial charge on any atom is 0.293 e. The fourth-order valence-electron chi connectivity index (χ4n) is 1.28. The number of nitrogens with zero attached hydrogens (tertiary/aromatic N) is 1. The van der Waals surface area contributed by atoms with Crippen molar-refractivity contribution in [1.29, 1.82) is 0 Å². The van der Waals surface area contributed by atoms with Gasteiger partial charge in [-0.15, -0.1) is 0 Å². The summed E-state index contributed by atoms with van der Waals surface area (Å²) in [6, 6.07) is 0. The second-order valence-corrected chi connectivity index (χ2v) is 5.31. The molecule has 104 valence electrons. The Morgan fingerprint density at radius 3 is 1.76 bits per heavy atom. The summed E-state index contributed by atoms with van der Waals surface area (Å²) in [6.07, 6.45) is 2.80. The molecule has 1 fully saturated rings. The Morgan fingerprint density at radius 1 is 1.18 bits per heavy atom. The Morgan fingerprint density at radius 2 is 1.59 bits per heavy atom. The molecule has 1 aliphatic rings. The fourth-order valence-corrected chi connectivity index (χ4v) is 1.28. The molecule has 0 N–H and O–H groups in total. The Bertz CT molecular complexity index is 158. The van der Waals surface area contributed by atoms with E-state index < -0.39 is 0 Å². The van der Waals surface area contributed by atoms with Gasteiger partial charge in [-0.2, -0.15) is 0 Å². The lowest BCUT2D eigenvalue weighted by molar-refractivity contribution is -0.138. The molecule has 0 saturated carbocycles. The van der Waals surface area contributed by atoms with Crippen LogP contribution in [0, 0.1) is 5.92 Å². The average Bonchev–Trinajstić information content (AvgIpc) is 2.25. The molecule has 0 aromatic carbocycles. The molecule has 0 aromatic heterocycles. The molecular weight excluding hydrogens is 214 g/mol. The summed E-state index contributed by atoms with van der Waals surface area (Å²) >= 11 is 0. The fraction of sp³-hybridized carbons (Fsp3) is 0.929. The number of carbonyl (C=O) groups is 1. The van der Waals surface area contributed by atoms with Gasteiger partial charge >= 0.3 is 0 Å². The van der Waals surface area contributed by atoms with Crippen LogP contribution >= 0.6 is 0 Å². The molecule has 0 spiro atoms. The third-order valence-corrected chi connectivity index (χ3v) is 2.41. The predicted molar refractivity (Wildman–Crippen MR) is 74.1 cm³/mol. The van der Waals surface area contributed by atoms with Gasteiger partial charge in [0.15, 0.2) is 0 Å². The molecule has 1 heterocycles. The van der Waals surface area contributed by atoms with E-state index in [9.17, 15) is 4.79 Å². The molecule has 3 nitrogen and oxygen atoms in total. The van der Waals surface area contributed by atoms with Gasteiger partial charge in [0.05, 0.1) is 0 Å². The van der Waals surface area contributed by atoms with Crippen LogP contribution in [0.15, 0.2) is 0 Å². The molecule has 1 aliphatic heterocycles. The number of carbonyl (C=O) groups excluding carboxylic acids is 1. The summed E-state index contributed by atoms with van der Waals surface area (Å²) in [5.41, 5.74) is -0.318. The van der Waals surface area contributed by atoms with Crippen molar-refractivity contribution in [1.82, 2.24) is 4.90 Å². The summed E-state index contributed by atoms with van der Waals surface area (Å²) in [5.74, 6) is 0.978. The average molecular weight is 245 g/mol. The topological polar surface area (TPSA) is 29.5 Å². The van der Waals surface area contributed by atoms with Gasteiger partial charge in [-0.25, -0.2) is 0 Å². The lowest BCUT2D eigenvalue weighted by atomic mass is 10.00. The standard InChI is InChI=1S/C7H15N.C5H10O2.C2H6/c1-7-3-5-8(2)6-4-7;1-5(2,3)7-4-6;1-2/h7H,3-6H2,1-2H3;4H,1-3H3;1-2H3. The van der Waals surface area contributed by atoms with Crippen molar-refractivity contribution >= 4 is 6.47 Å². The highest BCUT2D eigenvalue weighted by atomic mass is 16.5. The van der Waals surface area contributed by atoms with E-state index in [-0.39, 0.29) is 5.60 Å². The highest BCUT2D eigenvalue weighted by Gasteiger charge is 2.10. The highest BCUT2D eigenvalue weighted by molar-refractivity contribution is 5.37. The van der Waals surface area contributed by atoms with Crippen molar-refractivity contribution in [3.05, 3.63) is 0 Å². The van der Waals surface area contributed by atoms with Gasteiger partial charge < -0.3 is 9.64 Å². The van der Waals surface area contributed by atoms with E-state index >= 15 is 0 Å². The smallest absolute Gasteiger partial charge is 0.293 e. The van der Waals surface area contributed by atoms with Crippen molar-refractivity contribution < 1.29 is 9.53 Å². The zero-order valence-corrected chi connectivity index (χ0v) is 12.7. The zero-order chi connectivity index (χ0) is 13.9. The third kappa shape index (κ3) is 15.4. The minimum Gasteiger partial charge on any atom is -0.462 e. The second-order valence-electron chi connectivity index (χ2n) is 5.31. The molecule has 1 saturated heterocycles. The first kappa shape index (κ1) is 18.8. The molecule has 17 heavy (non-hydrogen) atoms. The van der Waals surface area contributed by atoms with E-state index in [0.29, 0.717) is 6.47 Å².